The topological polar surface area (TPSA) is 74.2 Å². The van der Waals surface area contributed by atoms with Gasteiger partial charge in [0.15, 0.2) is 11.6 Å². The van der Waals surface area contributed by atoms with Gasteiger partial charge in [0.2, 0.25) is 0 Å². The highest BCUT2D eigenvalue weighted by atomic mass is 16.2. The first-order valence-corrected chi connectivity index (χ1v) is 7.31. The summed E-state index contributed by atoms with van der Waals surface area (Å²) in [7, 11) is 0. The molecule has 7 nitrogen and oxygen atoms in total. The molecule has 2 aliphatic rings. The molecule has 4 rings (SSSR count). The second kappa shape index (κ2) is 4.94. The number of aryl methyl sites for hydroxylation is 1. The molecule has 7 heteroatoms. The Kier molecular flexibility index (Phi) is 2.92. The van der Waals surface area contributed by atoms with Crippen LogP contribution in [0.3, 0.4) is 0 Å². The Hall–Kier alpha value is -2.70. The maximum atomic E-state index is 12.7. The van der Waals surface area contributed by atoms with E-state index in [4.69, 9.17) is 0 Å². The third-order valence-electron chi connectivity index (χ3n) is 4.11. The summed E-state index contributed by atoms with van der Waals surface area (Å²) >= 11 is 0. The van der Waals surface area contributed by atoms with Gasteiger partial charge in [0.1, 0.15) is 0 Å². The lowest BCUT2D eigenvalue weighted by Gasteiger charge is -2.35. The monoisotopic (exact) mass is 296 g/mol. The van der Waals surface area contributed by atoms with E-state index in [2.05, 4.69) is 25.2 Å². The number of aromatic nitrogens is 3. The minimum atomic E-state index is -0.202. The normalized spacial score (nSPS) is 19.0. The van der Waals surface area contributed by atoms with Crippen LogP contribution in [-0.4, -0.2) is 40.1 Å². The van der Waals surface area contributed by atoms with Gasteiger partial charge in [-0.05, 0) is 25.5 Å². The summed E-state index contributed by atoms with van der Waals surface area (Å²) in [5.41, 5.74) is 1.92. The molecule has 1 atom stereocenters. The van der Waals surface area contributed by atoms with Crippen molar-refractivity contribution in [2.45, 2.75) is 19.4 Å². The Balaban J connectivity index is 1.69. The molecule has 0 radical (unpaired) electrons. The van der Waals surface area contributed by atoms with Crippen molar-refractivity contribution in [1.29, 1.82) is 0 Å². The highest BCUT2D eigenvalue weighted by Crippen LogP contribution is 2.38. The Morgan fingerprint density at radius 1 is 1.36 bits per heavy atom. The SMILES string of the molecule is Cc1ccc2c(n1)N(C(=O)Nc1cnccn1)C1CCN2C1. The van der Waals surface area contributed by atoms with Crippen LogP contribution in [0.2, 0.25) is 0 Å². The van der Waals surface area contributed by atoms with Gasteiger partial charge in [-0.25, -0.2) is 14.8 Å². The van der Waals surface area contributed by atoms with Crippen molar-refractivity contribution in [1.82, 2.24) is 15.0 Å². The number of rotatable bonds is 1. The number of pyridine rings is 1. The molecule has 2 aromatic heterocycles. The zero-order valence-electron chi connectivity index (χ0n) is 12.2. The molecule has 2 amide bonds. The minimum absolute atomic E-state index is 0.151. The van der Waals surface area contributed by atoms with Crippen LogP contribution >= 0.6 is 0 Å². The number of amides is 2. The fraction of sp³-hybridized carbons (Fsp3) is 0.333. The van der Waals surface area contributed by atoms with Crippen LogP contribution in [0.5, 0.6) is 0 Å². The van der Waals surface area contributed by atoms with Crippen LogP contribution in [0.25, 0.3) is 0 Å². The van der Waals surface area contributed by atoms with Crippen LogP contribution in [0, 0.1) is 6.92 Å². The lowest BCUT2D eigenvalue weighted by Crippen LogP contribution is -2.48. The van der Waals surface area contributed by atoms with Crippen molar-refractivity contribution in [2.75, 3.05) is 28.2 Å². The molecule has 1 unspecified atom stereocenters. The minimum Gasteiger partial charge on any atom is -0.366 e. The number of carbonyl (C=O) groups excluding carboxylic acids is 1. The molecule has 0 spiro atoms. The molecule has 2 bridgehead atoms. The van der Waals surface area contributed by atoms with Crippen LogP contribution in [0.15, 0.2) is 30.7 Å². The number of anilines is 3. The predicted molar refractivity (Wildman–Crippen MR) is 83.1 cm³/mol. The fourth-order valence-corrected chi connectivity index (χ4v) is 3.10. The van der Waals surface area contributed by atoms with Gasteiger partial charge in [0.25, 0.3) is 0 Å². The molecule has 0 aromatic carbocycles. The highest BCUT2D eigenvalue weighted by Gasteiger charge is 2.40. The number of fused-ring (bicyclic) bond motifs is 4. The van der Waals surface area contributed by atoms with E-state index in [0.717, 1.165) is 36.7 Å². The zero-order valence-corrected chi connectivity index (χ0v) is 12.2. The van der Waals surface area contributed by atoms with Crippen molar-refractivity contribution in [3.63, 3.8) is 0 Å². The van der Waals surface area contributed by atoms with Gasteiger partial charge in [-0.2, -0.15) is 0 Å². The third-order valence-corrected chi connectivity index (χ3v) is 4.11. The number of nitrogens with one attached hydrogen (secondary N) is 1. The standard InChI is InChI=1S/C15H16N6O/c1-10-2-3-12-14(18-10)21(11-4-7-20(12)9-11)15(22)19-13-8-16-5-6-17-13/h2-3,5-6,8,11H,4,7,9H2,1H3,(H,17,19,22). The summed E-state index contributed by atoms with van der Waals surface area (Å²) in [4.78, 5) is 29.4. The van der Waals surface area contributed by atoms with E-state index in [1.807, 2.05) is 19.1 Å². The third kappa shape index (κ3) is 2.05. The maximum absolute atomic E-state index is 12.7. The van der Waals surface area contributed by atoms with E-state index in [1.165, 1.54) is 6.20 Å². The molecule has 22 heavy (non-hydrogen) atoms. The summed E-state index contributed by atoms with van der Waals surface area (Å²) in [6.07, 6.45) is 5.61. The number of hydrogen-bond acceptors (Lipinski definition) is 5. The number of hydrogen-bond donors (Lipinski definition) is 1. The van der Waals surface area contributed by atoms with Gasteiger partial charge in [-0.3, -0.25) is 15.2 Å². The Labute approximate surface area is 128 Å². The van der Waals surface area contributed by atoms with Crippen molar-refractivity contribution in [2.24, 2.45) is 0 Å². The lowest BCUT2D eigenvalue weighted by atomic mass is 10.2. The smallest absolute Gasteiger partial charge is 0.329 e. The van der Waals surface area contributed by atoms with Crippen molar-refractivity contribution >= 4 is 23.4 Å². The van der Waals surface area contributed by atoms with E-state index >= 15 is 0 Å². The number of carbonyl (C=O) groups is 1. The molecule has 0 saturated carbocycles. The summed E-state index contributed by atoms with van der Waals surface area (Å²) in [6, 6.07) is 3.97. The van der Waals surface area contributed by atoms with Gasteiger partial charge in [-0.15, -0.1) is 0 Å². The zero-order chi connectivity index (χ0) is 15.1. The molecule has 4 heterocycles. The second-order valence-corrected chi connectivity index (χ2v) is 5.57. The van der Waals surface area contributed by atoms with Gasteiger partial charge >= 0.3 is 6.03 Å². The van der Waals surface area contributed by atoms with E-state index < -0.39 is 0 Å². The van der Waals surface area contributed by atoms with E-state index in [-0.39, 0.29) is 12.1 Å². The van der Waals surface area contributed by atoms with Crippen LogP contribution in [0.1, 0.15) is 12.1 Å². The quantitative estimate of drug-likeness (QED) is 0.868. The maximum Gasteiger partial charge on any atom is 0.329 e. The molecule has 1 saturated heterocycles. The molecular weight excluding hydrogens is 280 g/mol. The number of urea groups is 1. The van der Waals surface area contributed by atoms with Gasteiger partial charge < -0.3 is 4.90 Å². The Morgan fingerprint density at radius 2 is 2.27 bits per heavy atom. The fourth-order valence-electron chi connectivity index (χ4n) is 3.10. The van der Waals surface area contributed by atoms with Gasteiger partial charge in [0.05, 0.1) is 17.9 Å². The van der Waals surface area contributed by atoms with Crippen molar-refractivity contribution in [3.8, 4) is 0 Å². The molecule has 0 aliphatic carbocycles. The first kappa shape index (κ1) is 13.0. The molecule has 1 fully saturated rings. The van der Waals surface area contributed by atoms with E-state index in [0.29, 0.717) is 5.82 Å². The predicted octanol–water partition coefficient (Wildman–Crippen LogP) is 1.81. The molecule has 2 aromatic rings. The Bertz CT molecular complexity index is 719. The molecule has 2 aliphatic heterocycles. The second-order valence-electron chi connectivity index (χ2n) is 5.57. The largest absolute Gasteiger partial charge is 0.366 e. The van der Waals surface area contributed by atoms with Crippen LogP contribution in [-0.2, 0) is 0 Å². The first-order chi connectivity index (χ1) is 10.7. The van der Waals surface area contributed by atoms with Crippen molar-refractivity contribution < 1.29 is 4.79 Å². The average Bonchev–Trinajstić information content (AvgIpc) is 2.93. The average molecular weight is 296 g/mol. The first-order valence-electron chi connectivity index (χ1n) is 7.31. The molecule has 112 valence electrons. The van der Waals surface area contributed by atoms with Crippen molar-refractivity contribution in [3.05, 3.63) is 36.4 Å². The van der Waals surface area contributed by atoms with Gasteiger partial charge in [-0.1, -0.05) is 0 Å². The Morgan fingerprint density at radius 3 is 3.09 bits per heavy atom. The summed E-state index contributed by atoms with van der Waals surface area (Å²) in [5, 5.41) is 2.81. The van der Waals surface area contributed by atoms with E-state index in [1.54, 1.807) is 17.3 Å². The van der Waals surface area contributed by atoms with Crippen LogP contribution < -0.4 is 15.1 Å². The highest BCUT2D eigenvalue weighted by molar-refractivity contribution is 6.04. The summed E-state index contributed by atoms with van der Waals surface area (Å²) < 4.78 is 0. The lowest BCUT2D eigenvalue weighted by molar-refractivity contribution is 0.254. The molecular formula is C15H16N6O. The van der Waals surface area contributed by atoms with Gasteiger partial charge in [0, 0.05) is 31.2 Å². The molecule has 1 N–H and O–H groups in total. The number of nitrogens with zero attached hydrogens (tertiary/aromatic N) is 5. The van der Waals surface area contributed by atoms with E-state index in [9.17, 15) is 4.79 Å². The summed E-state index contributed by atoms with van der Waals surface area (Å²) in [5.74, 6) is 1.18. The van der Waals surface area contributed by atoms with Crippen LogP contribution in [0.4, 0.5) is 22.1 Å². The summed E-state index contributed by atoms with van der Waals surface area (Å²) in [6.45, 7) is 3.74.